The molecule has 0 aliphatic carbocycles. The summed E-state index contributed by atoms with van der Waals surface area (Å²) >= 11 is 0. The van der Waals surface area contributed by atoms with Gasteiger partial charge in [-0.15, -0.1) is 0 Å². The van der Waals surface area contributed by atoms with Crippen molar-refractivity contribution < 1.29 is 47.5 Å². The second-order valence-electron chi connectivity index (χ2n) is 14.8. The molecule has 0 aromatic carbocycles. The maximum atomic E-state index is 12.6. The van der Waals surface area contributed by atoms with Crippen molar-refractivity contribution in [3.63, 3.8) is 0 Å². The van der Waals surface area contributed by atoms with E-state index in [2.05, 4.69) is 67.0 Å². The number of carbonyl (C=O) groups is 3. The molecule has 1 unspecified atom stereocenters. The molecule has 0 heterocycles. The molecule has 0 fully saturated rings. The number of phosphoric ester groups is 1. The normalized spacial score (nSPS) is 14.3. The van der Waals surface area contributed by atoms with Crippen LogP contribution in [-0.4, -0.2) is 59.9 Å². The second kappa shape index (κ2) is 40.9. The summed E-state index contributed by atoms with van der Waals surface area (Å²) in [7, 11) is -4.73. The van der Waals surface area contributed by atoms with E-state index in [0.717, 1.165) is 57.8 Å². The van der Waals surface area contributed by atoms with Gasteiger partial charge in [-0.05, 0) is 77.0 Å². The number of carbonyl (C=O) groups excluding carboxylic acids is 2. The largest absolute Gasteiger partial charge is 0.480 e. The van der Waals surface area contributed by atoms with Gasteiger partial charge >= 0.3 is 25.7 Å². The smallest absolute Gasteiger partial charge is 0.472 e. The van der Waals surface area contributed by atoms with Gasteiger partial charge in [0.15, 0.2) is 6.10 Å². The molecule has 11 nitrogen and oxygen atoms in total. The fraction of sp³-hybridized carbons (Fsp3) is 0.717. The van der Waals surface area contributed by atoms with Crippen LogP contribution >= 0.6 is 7.82 Å². The van der Waals surface area contributed by atoms with Crippen LogP contribution in [0.25, 0.3) is 0 Å². The van der Waals surface area contributed by atoms with Gasteiger partial charge in [-0.2, -0.15) is 0 Å². The van der Waals surface area contributed by atoms with Gasteiger partial charge in [0.2, 0.25) is 0 Å². The zero-order valence-electron chi connectivity index (χ0n) is 36.1. The number of rotatable bonds is 41. The third kappa shape index (κ3) is 40.0. The number of nitrogens with two attached hydrogens (primary N) is 1. The summed E-state index contributed by atoms with van der Waals surface area (Å²) in [5.41, 5.74) is 5.33. The van der Waals surface area contributed by atoms with E-state index in [1.807, 2.05) is 12.2 Å². The minimum Gasteiger partial charge on any atom is -0.480 e. The van der Waals surface area contributed by atoms with Gasteiger partial charge in [0.05, 0.1) is 13.2 Å². The Labute approximate surface area is 351 Å². The predicted molar refractivity (Wildman–Crippen MR) is 235 cm³/mol. The van der Waals surface area contributed by atoms with Crippen LogP contribution in [0.5, 0.6) is 0 Å². The van der Waals surface area contributed by atoms with Crippen LogP contribution in [0.15, 0.2) is 60.8 Å². The molecular weight excluding hydrogens is 757 g/mol. The molecule has 0 radical (unpaired) electrons. The molecule has 0 rings (SSSR count). The molecule has 0 bridgehead atoms. The van der Waals surface area contributed by atoms with Crippen LogP contribution in [0.4, 0.5) is 0 Å². The van der Waals surface area contributed by atoms with Gasteiger partial charge in [0.1, 0.15) is 12.6 Å². The van der Waals surface area contributed by atoms with Crippen LogP contribution in [0.3, 0.4) is 0 Å². The minimum absolute atomic E-state index is 0.143. The molecule has 334 valence electrons. The highest BCUT2D eigenvalue weighted by atomic mass is 31.2. The Morgan fingerprint density at radius 1 is 0.534 bits per heavy atom. The van der Waals surface area contributed by atoms with E-state index < -0.39 is 51.1 Å². The van der Waals surface area contributed by atoms with Crippen LogP contribution in [0.2, 0.25) is 0 Å². The first-order valence-corrected chi connectivity index (χ1v) is 23.8. The summed E-state index contributed by atoms with van der Waals surface area (Å²) in [6.07, 6.45) is 47.2. The Bertz CT molecular complexity index is 1210. The number of unbranched alkanes of at least 4 members (excludes halogenated alkanes) is 17. The molecule has 0 saturated heterocycles. The molecule has 0 aromatic heterocycles. The van der Waals surface area contributed by atoms with Crippen LogP contribution < -0.4 is 5.73 Å². The minimum atomic E-state index is -4.73. The highest BCUT2D eigenvalue weighted by Crippen LogP contribution is 2.43. The van der Waals surface area contributed by atoms with Crippen molar-refractivity contribution in [2.24, 2.45) is 5.73 Å². The van der Waals surface area contributed by atoms with Gasteiger partial charge in [-0.25, -0.2) is 4.57 Å². The lowest BCUT2D eigenvalue weighted by Gasteiger charge is -2.20. The Balaban J connectivity index is 4.45. The summed E-state index contributed by atoms with van der Waals surface area (Å²) in [5.74, 6) is -2.46. The van der Waals surface area contributed by atoms with E-state index >= 15 is 0 Å². The van der Waals surface area contributed by atoms with Crippen molar-refractivity contribution in [3.05, 3.63) is 60.8 Å². The number of aliphatic carboxylic acids is 1. The van der Waals surface area contributed by atoms with Crippen LogP contribution in [0, 0.1) is 0 Å². The third-order valence-corrected chi connectivity index (χ3v) is 10.2. The fourth-order valence-corrected chi connectivity index (χ4v) is 6.48. The van der Waals surface area contributed by atoms with Crippen molar-refractivity contribution in [1.29, 1.82) is 0 Å². The first-order chi connectivity index (χ1) is 28.1. The zero-order valence-corrected chi connectivity index (χ0v) is 37.0. The number of esters is 2. The van der Waals surface area contributed by atoms with Crippen LogP contribution in [-0.2, 0) is 37.5 Å². The molecule has 4 N–H and O–H groups in total. The third-order valence-electron chi connectivity index (χ3n) is 9.24. The second-order valence-corrected chi connectivity index (χ2v) is 16.3. The maximum absolute atomic E-state index is 12.6. The molecule has 0 aromatic rings. The van der Waals surface area contributed by atoms with Gasteiger partial charge in [-0.1, -0.05) is 152 Å². The Morgan fingerprint density at radius 2 is 0.931 bits per heavy atom. The Kier molecular flexibility index (Phi) is 38.9. The number of allylic oxidation sites excluding steroid dienone is 10. The van der Waals surface area contributed by atoms with E-state index in [-0.39, 0.29) is 19.4 Å². The monoisotopic (exact) mass is 838 g/mol. The van der Waals surface area contributed by atoms with Gasteiger partial charge in [-0.3, -0.25) is 23.4 Å². The average molecular weight is 838 g/mol. The lowest BCUT2D eigenvalue weighted by Crippen LogP contribution is -2.34. The van der Waals surface area contributed by atoms with Crippen molar-refractivity contribution in [3.8, 4) is 0 Å². The molecular formula is C46H80NO10P. The molecule has 58 heavy (non-hydrogen) atoms. The van der Waals surface area contributed by atoms with Gasteiger partial charge in [0, 0.05) is 12.8 Å². The van der Waals surface area contributed by atoms with E-state index in [0.29, 0.717) is 19.3 Å². The molecule has 0 spiro atoms. The number of hydrogen-bond donors (Lipinski definition) is 3. The molecule has 0 aliphatic heterocycles. The topological polar surface area (TPSA) is 172 Å². The highest BCUT2D eigenvalue weighted by Gasteiger charge is 2.28. The van der Waals surface area contributed by atoms with Gasteiger partial charge < -0.3 is 25.2 Å². The van der Waals surface area contributed by atoms with E-state index in [1.165, 1.54) is 77.0 Å². The molecule has 0 saturated carbocycles. The SMILES string of the molecule is CCCCC/C=C\C/C=C\C/C=C\C/C=C\CCCC(=O)OC[C@H](COP(=O)(O)OC[C@H](N)C(=O)O)OC(=O)CCCCCCCCC/C=C\CCCCCCCC. The van der Waals surface area contributed by atoms with Crippen molar-refractivity contribution in [2.75, 3.05) is 19.8 Å². The summed E-state index contributed by atoms with van der Waals surface area (Å²) in [6, 6.07) is -1.53. The lowest BCUT2D eigenvalue weighted by molar-refractivity contribution is -0.161. The number of carboxylic acid groups (broad SMARTS) is 1. The predicted octanol–water partition coefficient (Wildman–Crippen LogP) is 12.0. The Hall–Kier alpha value is -2.82. The quantitative estimate of drug-likeness (QED) is 0.0231. The fourth-order valence-electron chi connectivity index (χ4n) is 5.70. The first kappa shape index (κ1) is 55.2. The summed E-state index contributed by atoms with van der Waals surface area (Å²) in [4.78, 5) is 46.0. The number of phosphoric acid groups is 1. The lowest BCUT2D eigenvalue weighted by atomic mass is 10.1. The van der Waals surface area contributed by atoms with Crippen LogP contribution in [0.1, 0.15) is 181 Å². The van der Waals surface area contributed by atoms with Crippen molar-refractivity contribution in [2.45, 2.75) is 193 Å². The van der Waals surface area contributed by atoms with Gasteiger partial charge in [0.25, 0.3) is 0 Å². The number of ether oxygens (including phenoxy) is 2. The molecule has 0 amide bonds. The summed E-state index contributed by atoms with van der Waals surface area (Å²) in [5, 5.41) is 8.89. The zero-order chi connectivity index (χ0) is 42.8. The summed E-state index contributed by atoms with van der Waals surface area (Å²) in [6.45, 7) is 2.71. The Morgan fingerprint density at radius 3 is 1.47 bits per heavy atom. The first-order valence-electron chi connectivity index (χ1n) is 22.3. The number of hydrogen-bond acceptors (Lipinski definition) is 9. The molecule has 12 heteroatoms. The maximum Gasteiger partial charge on any atom is 0.472 e. The van der Waals surface area contributed by atoms with E-state index in [1.54, 1.807) is 0 Å². The van der Waals surface area contributed by atoms with E-state index in [9.17, 15) is 23.8 Å². The molecule has 0 aliphatic rings. The highest BCUT2D eigenvalue weighted by molar-refractivity contribution is 7.47. The van der Waals surface area contributed by atoms with E-state index in [4.69, 9.17) is 24.8 Å². The number of carboxylic acids is 1. The van der Waals surface area contributed by atoms with Crippen molar-refractivity contribution >= 4 is 25.7 Å². The summed E-state index contributed by atoms with van der Waals surface area (Å²) < 4.78 is 32.7. The van der Waals surface area contributed by atoms with Crippen molar-refractivity contribution in [1.82, 2.24) is 0 Å². The molecule has 3 atom stereocenters. The standard InChI is InChI=1S/C46H80NO10P/c1-3-5-7-9-11-13-15-17-19-21-23-25-27-29-31-33-35-37-44(48)54-39-42(40-55-58(52,53)56-41-43(47)46(50)51)57-45(49)38-36-34-32-30-28-26-24-22-20-18-16-14-12-10-8-6-4-2/h11,13,17-20,23,25,29,31,42-43H,3-10,12,14-16,21-22,24,26-28,30,32-41,47H2,1-2H3,(H,50,51)(H,52,53)/b13-11-,19-17-,20-18-,25-23-,31-29-/t42-,43+/m1/s1. The average Bonchev–Trinajstić information content (AvgIpc) is 3.20.